The molecular weight excluding hydrogens is 389 g/mol. The Morgan fingerprint density at radius 3 is 2.57 bits per heavy atom. The summed E-state index contributed by atoms with van der Waals surface area (Å²) in [5.41, 5.74) is 1.49. The van der Waals surface area contributed by atoms with E-state index < -0.39 is 17.7 Å². The molecule has 0 fully saturated rings. The Balaban J connectivity index is 1.93. The zero-order chi connectivity index (χ0) is 20.5. The molecule has 0 saturated carbocycles. The predicted octanol–water partition coefficient (Wildman–Crippen LogP) is 5.47. The topological polar surface area (TPSA) is 62.2 Å². The van der Waals surface area contributed by atoms with E-state index in [1.165, 1.54) is 17.4 Å². The molecule has 1 heterocycles. The number of anilines is 1. The van der Waals surface area contributed by atoms with Crippen LogP contribution in [0.4, 0.5) is 19.0 Å². The highest BCUT2D eigenvalue weighted by Crippen LogP contribution is 2.36. The van der Waals surface area contributed by atoms with Crippen molar-refractivity contribution in [3.05, 3.63) is 69.7 Å². The first kappa shape index (κ1) is 19.9. The van der Waals surface area contributed by atoms with Gasteiger partial charge in [0.15, 0.2) is 0 Å². The smallest absolute Gasteiger partial charge is 0.416 e. The van der Waals surface area contributed by atoms with E-state index in [9.17, 15) is 23.1 Å². The van der Waals surface area contributed by atoms with E-state index in [1.807, 2.05) is 0 Å². The normalized spacial score (nSPS) is 11.5. The number of aryl methyl sites for hydroxylation is 1. The molecule has 1 aromatic heterocycles. The number of hydrogen-bond donors (Lipinski definition) is 2. The van der Waals surface area contributed by atoms with Crippen LogP contribution in [0.5, 0.6) is 0 Å². The fourth-order valence-electron chi connectivity index (χ4n) is 2.88. The number of carbonyl (C=O) groups is 1. The predicted molar refractivity (Wildman–Crippen MR) is 103 cm³/mol. The van der Waals surface area contributed by atoms with E-state index in [-0.39, 0.29) is 12.0 Å². The van der Waals surface area contributed by atoms with E-state index in [1.54, 1.807) is 38.2 Å². The third-order valence-corrected chi connectivity index (χ3v) is 5.34. The highest BCUT2D eigenvalue weighted by Gasteiger charge is 2.30. The molecule has 0 saturated heterocycles. The molecule has 2 aromatic carbocycles. The molecule has 0 aliphatic heterocycles. The molecule has 3 aromatic rings. The average molecular weight is 406 g/mol. The van der Waals surface area contributed by atoms with Gasteiger partial charge in [-0.2, -0.15) is 13.2 Å². The number of thiazole rings is 1. The number of nitrogens with zero attached hydrogens (tertiary/aromatic N) is 1. The second kappa shape index (κ2) is 7.63. The summed E-state index contributed by atoms with van der Waals surface area (Å²) in [6, 6.07) is 10.2. The molecule has 4 nitrogen and oxygen atoms in total. The number of rotatable bonds is 5. The zero-order valence-corrected chi connectivity index (χ0v) is 15.9. The minimum atomic E-state index is -4.39. The molecule has 0 atom stereocenters. The van der Waals surface area contributed by atoms with Crippen LogP contribution in [0.15, 0.2) is 42.5 Å². The van der Waals surface area contributed by atoms with Gasteiger partial charge in [-0.25, -0.2) is 9.78 Å². The molecule has 0 aliphatic rings. The molecule has 3 rings (SSSR count). The highest BCUT2D eigenvalue weighted by molar-refractivity contribution is 7.15. The number of aromatic nitrogens is 1. The number of nitrogens with one attached hydrogen (secondary N) is 1. The Labute approximate surface area is 163 Å². The molecule has 146 valence electrons. The van der Waals surface area contributed by atoms with Crippen LogP contribution in [0.1, 0.15) is 32.1 Å². The van der Waals surface area contributed by atoms with Gasteiger partial charge in [-0.3, -0.25) is 0 Å². The van der Waals surface area contributed by atoms with Crippen molar-refractivity contribution in [1.29, 1.82) is 0 Å². The van der Waals surface area contributed by atoms with E-state index >= 15 is 0 Å². The van der Waals surface area contributed by atoms with Gasteiger partial charge in [-0.1, -0.05) is 24.3 Å². The highest BCUT2D eigenvalue weighted by atomic mass is 32.1. The number of carboxylic acid groups (broad SMARTS) is 1. The van der Waals surface area contributed by atoms with Gasteiger partial charge in [0.2, 0.25) is 0 Å². The summed E-state index contributed by atoms with van der Waals surface area (Å²) in [5, 5.41) is 12.8. The molecular formula is C20H17F3N2O2S. The van der Waals surface area contributed by atoms with E-state index in [4.69, 9.17) is 0 Å². The van der Waals surface area contributed by atoms with E-state index in [2.05, 4.69) is 10.3 Å². The van der Waals surface area contributed by atoms with Crippen LogP contribution in [-0.4, -0.2) is 23.1 Å². The standard InChI is InChI=1S/C20H17F3N2O2S/c1-11-8-13(6-7-15(11)19(26)27)17-18(24-2)25-16(28-17)10-12-4-3-5-14(9-12)20(21,22)23/h3-9,24H,10H2,1-2H3,(H,26,27). The number of carboxylic acids is 1. The Morgan fingerprint density at radius 1 is 1.21 bits per heavy atom. The van der Waals surface area contributed by atoms with Crippen molar-refractivity contribution in [1.82, 2.24) is 4.98 Å². The van der Waals surface area contributed by atoms with Crippen molar-refractivity contribution >= 4 is 23.1 Å². The summed E-state index contributed by atoms with van der Waals surface area (Å²) in [6.45, 7) is 1.72. The molecule has 0 spiro atoms. The van der Waals surface area contributed by atoms with Crippen molar-refractivity contribution in [2.45, 2.75) is 19.5 Å². The monoisotopic (exact) mass is 406 g/mol. The zero-order valence-electron chi connectivity index (χ0n) is 15.1. The van der Waals surface area contributed by atoms with Crippen LogP contribution in [-0.2, 0) is 12.6 Å². The van der Waals surface area contributed by atoms with Crippen molar-refractivity contribution in [3.63, 3.8) is 0 Å². The quantitative estimate of drug-likeness (QED) is 0.590. The molecule has 0 amide bonds. The lowest BCUT2D eigenvalue weighted by molar-refractivity contribution is -0.137. The molecule has 0 bridgehead atoms. The third-order valence-electron chi connectivity index (χ3n) is 4.24. The van der Waals surface area contributed by atoms with Gasteiger partial charge in [-0.15, -0.1) is 11.3 Å². The summed E-state index contributed by atoms with van der Waals surface area (Å²) in [4.78, 5) is 16.5. The Bertz CT molecular complexity index is 1030. The summed E-state index contributed by atoms with van der Waals surface area (Å²) >= 11 is 1.37. The first-order valence-electron chi connectivity index (χ1n) is 8.37. The van der Waals surface area contributed by atoms with Gasteiger partial charge in [0.1, 0.15) is 10.8 Å². The summed E-state index contributed by atoms with van der Waals surface area (Å²) in [6.07, 6.45) is -4.11. The second-order valence-corrected chi connectivity index (χ2v) is 7.33. The number of benzene rings is 2. The van der Waals surface area contributed by atoms with Gasteiger partial charge in [0.05, 0.1) is 16.0 Å². The van der Waals surface area contributed by atoms with Gasteiger partial charge in [0.25, 0.3) is 0 Å². The molecule has 0 aliphatic carbocycles. The number of hydrogen-bond acceptors (Lipinski definition) is 4. The molecule has 2 N–H and O–H groups in total. The largest absolute Gasteiger partial charge is 0.478 e. The van der Waals surface area contributed by atoms with Crippen molar-refractivity contribution in [3.8, 4) is 10.4 Å². The number of halogens is 3. The molecule has 28 heavy (non-hydrogen) atoms. The van der Waals surface area contributed by atoms with Gasteiger partial charge in [-0.05, 0) is 41.8 Å². The fraction of sp³-hybridized carbons (Fsp3) is 0.200. The lowest BCUT2D eigenvalue weighted by Gasteiger charge is -2.07. The molecule has 8 heteroatoms. The maximum atomic E-state index is 12.9. The van der Waals surface area contributed by atoms with Gasteiger partial charge in [0, 0.05) is 13.5 Å². The molecule has 0 unspecified atom stereocenters. The third kappa shape index (κ3) is 4.17. The van der Waals surface area contributed by atoms with E-state index in [0.717, 1.165) is 22.6 Å². The van der Waals surface area contributed by atoms with Crippen molar-refractivity contribution < 1.29 is 23.1 Å². The second-order valence-electron chi connectivity index (χ2n) is 6.25. The van der Waals surface area contributed by atoms with Crippen molar-refractivity contribution in [2.75, 3.05) is 12.4 Å². The van der Waals surface area contributed by atoms with Crippen LogP contribution in [0, 0.1) is 6.92 Å². The maximum Gasteiger partial charge on any atom is 0.416 e. The minimum absolute atomic E-state index is 0.225. The van der Waals surface area contributed by atoms with Gasteiger partial charge >= 0.3 is 12.1 Å². The van der Waals surface area contributed by atoms with Crippen molar-refractivity contribution in [2.24, 2.45) is 0 Å². The Kier molecular flexibility index (Phi) is 5.42. The Hall–Kier alpha value is -2.87. The summed E-state index contributed by atoms with van der Waals surface area (Å²) < 4.78 is 38.7. The maximum absolute atomic E-state index is 12.9. The van der Waals surface area contributed by atoms with Crippen LogP contribution in [0.2, 0.25) is 0 Å². The average Bonchev–Trinajstić information content (AvgIpc) is 3.03. The fourth-order valence-corrected chi connectivity index (χ4v) is 3.98. The van der Waals surface area contributed by atoms with Crippen LogP contribution >= 0.6 is 11.3 Å². The lowest BCUT2D eigenvalue weighted by atomic mass is 10.0. The Morgan fingerprint density at radius 2 is 1.96 bits per heavy atom. The van der Waals surface area contributed by atoms with Crippen LogP contribution < -0.4 is 5.32 Å². The van der Waals surface area contributed by atoms with Crippen LogP contribution in [0.3, 0.4) is 0 Å². The summed E-state index contributed by atoms with van der Waals surface area (Å²) in [5.74, 6) is -0.387. The number of aromatic carboxylic acids is 1. The SMILES string of the molecule is CNc1nc(Cc2cccc(C(F)(F)F)c2)sc1-c1ccc(C(=O)O)c(C)c1. The lowest BCUT2D eigenvalue weighted by Crippen LogP contribution is -2.05. The van der Waals surface area contributed by atoms with Gasteiger partial charge < -0.3 is 10.4 Å². The first-order valence-corrected chi connectivity index (χ1v) is 9.18. The number of alkyl halides is 3. The first-order chi connectivity index (χ1) is 13.2. The minimum Gasteiger partial charge on any atom is -0.478 e. The summed E-state index contributed by atoms with van der Waals surface area (Å²) in [7, 11) is 1.71. The molecule has 0 radical (unpaired) electrons. The van der Waals surface area contributed by atoms with E-state index in [0.29, 0.717) is 22.0 Å². The van der Waals surface area contributed by atoms with Crippen LogP contribution in [0.25, 0.3) is 10.4 Å².